The largest absolute Gasteiger partial charge is 0.364 e. The predicted octanol–water partition coefficient (Wildman–Crippen LogP) is 0.200. The molecule has 0 unspecified atom stereocenters. The molecule has 2 heterocycles. The summed E-state index contributed by atoms with van der Waals surface area (Å²) in [5.74, 6) is 0. The summed E-state index contributed by atoms with van der Waals surface area (Å²) in [6, 6.07) is 0. The summed E-state index contributed by atoms with van der Waals surface area (Å²) in [5, 5.41) is 0. The third-order valence-electron chi connectivity index (χ3n) is 1.20. The molecule has 1 saturated heterocycles. The topological polar surface area (TPSA) is 3.01 Å². The van der Waals surface area contributed by atoms with Crippen molar-refractivity contribution in [2.45, 2.75) is 0 Å². The Morgan fingerprint density at radius 1 is 1.80 bits per heavy atom. The highest BCUT2D eigenvalue weighted by Crippen LogP contribution is 2.29. The van der Waals surface area contributed by atoms with Crippen molar-refractivity contribution in [3.8, 4) is 0 Å². The molecular formula is C4H5N. The van der Waals surface area contributed by atoms with Crippen molar-refractivity contribution in [1.29, 1.82) is 0 Å². The van der Waals surface area contributed by atoms with Crippen LogP contribution in [0.2, 0.25) is 0 Å². The summed E-state index contributed by atoms with van der Waals surface area (Å²) in [6.07, 6.45) is 2.26. The summed E-state index contributed by atoms with van der Waals surface area (Å²) in [6.45, 7) is 2.51. The van der Waals surface area contributed by atoms with Gasteiger partial charge in [0.25, 0.3) is 0 Å². The van der Waals surface area contributed by atoms with E-state index in [1.807, 2.05) is 0 Å². The van der Waals surface area contributed by atoms with Crippen molar-refractivity contribution in [3.05, 3.63) is 11.8 Å². The predicted molar refractivity (Wildman–Crippen MR) is 19.7 cm³/mol. The molecule has 2 aliphatic rings. The zero-order valence-electron chi connectivity index (χ0n) is 2.94. The molecule has 0 bridgehead atoms. The average Bonchev–Trinajstić information content (AvgIpc) is 1.74. The molecule has 1 nitrogen and oxygen atoms in total. The molecule has 0 aromatic rings. The van der Waals surface area contributed by atoms with E-state index in [4.69, 9.17) is 0 Å². The quantitative estimate of drug-likeness (QED) is 0.366. The van der Waals surface area contributed by atoms with Gasteiger partial charge >= 0.3 is 0 Å². The Bertz CT molecular complexity index is 91.8. The number of hydrogen-bond donors (Lipinski definition) is 0. The highest BCUT2D eigenvalue weighted by Gasteiger charge is 2.30. The zero-order valence-corrected chi connectivity index (χ0v) is 2.94. The van der Waals surface area contributed by atoms with Crippen LogP contribution in [0.5, 0.6) is 0 Å². The maximum Gasteiger partial charge on any atom is 0.0577 e. The third-order valence-corrected chi connectivity index (χ3v) is 1.20. The smallest absolute Gasteiger partial charge is 0.0577 e. The molecule has 0 amide bonds. The number of hydrogen-bond acceptors (Lipinski definition) is 1. The van der Waals surface area contributed by atoms with Gasteiger partial charge in [0, 0.05) is 12.2 Å². The highest BCUT2D eigenvalue weighted by atomic mass is 15.3. The lowest BCUT2D eigenvalue weighted by molar-refractivity contribution is 0.614. The van der Waals surface area contributed by atoms with Gasteiger partial charge in [0.15, 0.2) is 0 Å². The lowest BCUT2D eigenvalue weighted by Gasteiger charge is -1.99. The second-order valence-electron chi connectivity index (χ2n) is 1.58. The molecule has 5 heavy (non-hydrogen) atoms. The van der Waals surface area contributed by atoms with Gasteiger partial charge in [0.2, 0.25) is 0 Å². The van der Waals surface area contributed by atoms with Gasteiger partial charge in [-0.05, 0) is 6.08 Å². The summed E-state index contributed by atoms with van der Waals surface area (Å²) in [7, 11) is 0. The van der Waals surface area contributed by atoms with Crippen molar-refractivity contribution >= 4 is 0 Å². The van der Waals surface area contributed by atoms with Gasteiger partial charge in [-0.15, -0.1) is 0 Å². The standard InChI is InChI=1S/C4H5N/c1-2-5-3-4(1)5/h1H,2-3H2. The second kappa shape index (κ2) is 0.313. The van der Waals surface area contributed by atoms with E-state index in [2.05, 4.69) is 11.0 Å². The van der Waals surface area contributed by atoms with E-state index >= 15 is 0 Å². The molecule has 2 aliphatic heterocycles. The van der Waals surface area contributed by atoms with Crippen LogP contribution in [0.1, 0.15) is 0 Å². The average molecular weight is 67.1 g/mol. The molecule has 0 N–H and O–H groups in total. The molecule has 0 aromatic heterocycles. The Morgan fingerprint density at radius 3 is 2.60 bits per heavy atom. The maximum atomic E-state index is 2.33. The molecule has 0 saturated carbocycles. The van der Waals surface area contributed by atoms with Crippen LogP contribution >= 0.6 is 0 Å². The summed E-state index contributed by atoms with van der Waals surface area (Å²) in [4.78, 5) is 2.33. The Hall–Kier alpha value is -0.460. The van der Waals surface area contributed by atoms with Crippen LogP contribution < -0.4 is 0 Å². The van der Waals surface area contributed by atoms with Crippen molar-refractivity contribution < 1.29 is 0 Å². The van der Waals surface area contributed by atoms with Crippen molar-refractivity contribution in [3.63, 3.8) is 0 Å². The fraction of sp³-hybridized carbons (Fsp3) is 0.500. The van der Waals surface area contributed by atoms with E-state index in [-0.39, 0.29) is 0 Å². The number of nitrogens with zero attached hydrogens (tertiary/aromatic N) is 1. The Kier molecular flexibility index (Phi) is 0.116. The molecule has 2 rings (SSSR count). The van der Waals surface area contributed by atoms with Gasteiger partial charge in [-0.1, -0.05) is 0 Å². The first kappa shape index (κ1) is 1.85. The molecule has 0 atom stereocenters. The zero-order chi connectivity index (χ0) is 3.28. The minimum absolute atomic E-state index is 1.23. The molecule has 0 aromatic carbocycles. The van der Waals surface area contributed by atoms with E-state index < -0.39 is 0 Å². The minimum Gasteiger partial charge on any atom is -0.364 e. The molecule has 1 fully saturated rings. The van der Waals surface area contributed by atoms with Crippen molar-refractivity contribution in [2.75, 3.05) is 13.1 Å². The fourth-order valence-electron chi connectivity index (χ4n) is 0.639. The first-order chi connectivity index (χ1) is 2.47. The van der Waals surface area contributed by atoms with Crippen LogP contribution in [0, 0.1) is 0 Å². The maximum absolute atomic E-state index is 2.33. The highest BCUT2D eigenvalue weighted by molar-refractivity contribution is 5.28. The van der Waals surface area contributed by atoms with Crippen LogP contribution in [0.4, 0.5) is 0 Å². The van der Waals surface area contributed by atoms with Crippen LogP contribution in [-0.4, -0.2) is 18.0 Å². The lowest BCUT2D eigenvalue weighted by atomic mass is 10.4. The molecular weight excluding hydrogens is 62.1 g/mol. The summed E-state index contributed by atoms with van der Waals surface area (Å²) >= 11 is 0. The van der Waals surface area contributed by atoms with Gasteiger partial charge in [-0.2, -0.15) is 0 Å². The Balaban J connectivity index is 2.58. The van der Waals surface area contributed by atoms with E-state index in [1.165, 1.54) is 13.1 Å². The number of rotatable bonds is 0. The molecule has 0 radical (unpaired) electrons. The van der Waals surface area contributed by atoms with Crippen molar-refractivity contribution in [1.82, 2.24) is 4.90 Å². The van der Waals surface area contributed by atoms with E-state index in [9.17, 15) is 0 Å². The van der Waals surface area contributed by atoms with Gasteiger partial charge in [-0.25, -0.2) is 0 Å². The summed E-state index contributed by atoms with van der Waals surface area (Å²) in [5.41, 5.74) is 1.56. The first-order valence-electron chi connectivity index (χ1n) is 1.91. The van der Waals surface area contributed by atoms with E-state index in [1.54, 1.807) is 5.70 Å². The van der Waals surface area contributed by atoms with Gasteiger partial charge in [-0.3, -0.25) is 0 Å². The van der Waals surface area contributed by atoms with Crippen LogP contribution in [0.15, 0.2) is 11.8 Å². The monoisotopic (exact) mass is 67.0 g/mol. The normalized spacial score (nSPS) is 27.2. The third kappa shape index (κ3) is 0.0756. The number of fused-ring (bicyclic) bond motifs is 1. The second-order valence-corrected chi connectivity index (χ2v) is 1.58. The van der Waals surface area contributed by atoms with Gasteiger partial charge in [0.1, 0.15) is 0 Å². The molecule has 1 heteroatoms. The van der Waals surface area contributed by atoms with Gasteiger partial charge < -0.3 is 4.90 Å². The fourth-order valence-corrected chi connectivity index (χ4v) is 0.639. The Labute approximate surface area is 30.9 Å². The molecule has 26 valence electrons. The minimum atomic E-state index is 1.23. The van der Waals surface area contributed by atoms with E-state index in [0.717, 1.165) is 0 Å². The van der Waals surface area contributed by atoms with Crippen molar-refractivity contribution in [2.24, 2.45) is 0 Å². The van der Waals surface area contributed by atoms with Crippen LogP contribution in [0.3, 0.4) is 0 Å². The summed E-state index contributed by atoms with van der Waals surface area (Å²) < 4.78 is 0. The Morgan fingerprint density at radius 2 is 2.60 bits per heavy atom. The SMILES string of the molecule is C1=C2CN2C1. The van der Waals surface area contributed by atoms with Crippen LogP contribution in [-0.2, 0) is 0 Å². The molecule has 0 aliphatic carbocycles. The van der Waals surface area contributed by atoms with E-state index in [0.29, 0.717) is 0 Å². The first-order valence-corrected chi connectivity index (χ1v) is 1.91. The molecule has 0 spiro atoms. The lowest BCUT2D eigenvalue weighted by Crippen LogP contribution is -2.00. The van der Waals surface area contributed by atoms with Gasteiger partial charge in [0.05, 0.1) is 6.54 Å². The van der Waals surface area contributed by atoms with Crippen LogP contribution in [0.25, 0.3) is 0 Å².